The standard InChI is InChI=1S/C22H26ClN5O3/c1-25-11-13-26(14-12-25)9-2-10-27-21(29)16-28(22(27)30)24-15-19-7-8-20(31-19)17-3-5-18(23)6-4-17/h3-8,15-16,29H,2,9-14H2,1H3. The molecular weight excluding hydrogens is 418 g/mol. The quantitative estimate of drug-likeness (QED) is 0.568. The van der Waals surface area contributed by atoms with Gasteiger partial charge in [0, 0.05) is 43.3 Å². The minimum absolute atomic E-state index is 0.0955. The van der Waals surface area contributed by atoms with Crippen LogP contribution in [0.3, 0.4) is 0 Å². The van der Waals surface area contributed by atoms with Crippen LogP contribution in [-0.4, -0.2) is 70.1 Å². The Bertz CT molecular complexity index is 1090. The van der Waals surface area contributed by atoms with E-state index in [4.69, 9.17) is 16.0 Å². The zero-order valence-corrected chi connectivity index (χ0v) is 18.2. The number of imidazole rings is 1. The molecule has 0 saturated carbocycles. The van der Waals surface area contributed by atoms with Gasteiger partial charge in [-0.25, -0.2) is 4.79 Å². The second-order valence-electron chi connectivity index (χ2n) is 7.72. The van der Waals surface area contributed by atoms with Gasteiger partial charge < -0.3 is 19.3 Å². The average Bonchev–Trinajstić information content (AvgIpc) is 3.34. The largest absolute Gasteiger partial charge is 0.493 e. The number of hydrogen-bond acceptors (Lipinski definition) is 6. The third kappa shape index (κ3) is 5.28. The van der Waals surface area contributed by atoms with Crippen LogP contribution in [0.25, 0.3) is 11.3 Å². The number of halogens is 1. The molecule has 0 amide bonds. The van der Waals surface area contributed by atoms with Crippen molar-refractivity contribution in [1.29, 1.82) is 0 Å². The summed E-state index contributed by atoms with van der Waals surface area (Å²) in [7, 11) is 2.12. The minimum atomic E-state index is -0.378. The molecule has 3 heterocycles. The summed E-state index contributed by atoms with van der Waals surface area (Å²) in [4.78, 5) is 17.3. The van der Waals surface area contributed by atoms with E-state index in [2.05, 4.69) is 21.9 Å². The van der Waals surface area contributed by atoms with Crippen molar-refractivity contribution < 1.29 is 9.52 Å². The van der Waals surface area contributed by atoms with E-state index in [1.807, 2.05) is 18.2 Å². The lowest BCUT2D eigenvalue weighted by atomic mass is 10.2. The fraction of sp³-hybridized carbons (Fsp3) is 0.364. The Balaban J connectivity index is 1.37. The molecule has 164 valence electrons. The zero-order chi connectivity index (χ0) is 21.8. The SMILES string of the molecule is CN1CCN(CCCn2c(O)cn(N=Cc3ccc(-c4ccc(Cl)cc4)o3)c2=O)CC1. The molecule has 0 bridgehead atoms. The molecule has 2 aromatic heterocycles. The fourth-order valence-electron chi connectivity index (χ4n) is 3.58. The molecule has 1 N–H and O–H groups in total. The highest BCUT2D eigenvalue weighted by Crippen LogP contribution is 2.23. The van der Waals surface area contributed by atoms with Crippen molar-refractivity contribution in [3.8, 4) is 17.2 Å². The molecule has 1 saturated heterocycles. The maximum atomic E-state index is 12.6. The lowest BCUT2D eigenvalue weighted by Crippen LogP contribution is -2.44. The van der Waals surface area contributed by atoms with E-state index in [0.29, 0.717) is 23.1 Å². The van der Waals surface area contributed by atoms with Gasteiger partial charge in [0.25, 0.3) is 0 Å². The Hall–Kier alpha value is -2.81. The van der Waals surface area contributed by atoms with Crippen LogP contribution in [0.2, 0.25) is 5.02 Å². The number of hydrogen-bond donors (Lipinski definition) is 1. The van der Waals surface area contributed by atoms with Crippen LogP contribution in [0.15, 0.2) is 56.9 Å². The molecule has 8 nitrogen and oxygen atoms in total. The van der Waals surface area contributed by atoms with E-state index < -0.39 is 0 Å². The van der Waals surface area contributed by atoms with Crippen LogP contribution in [0.1, 0.15) is 12.2 Å². The van der Waals surface area contributed by atoms with Gasteiger partial charge in [-0.15, -0.1) is 0 Å². The molecular formula is C22H26ClN5O3. The van der Waals surface area contributed by atoms with Gasteiger partial charge in [-0.1, -0.05) is 11.6 Å². The van der Waals surface area contributed by atoms with E-state index in [1.54, 1.807) is 18.2 Å². The Morgan fingerprint density at radius 2 is 1.84 bits per heavy atom. The predicted molar refractivity (Wildman–Crippen MR) is 121 cm³/mol. The highest BCUT2D eigenvalue weighted by atomic mass is 35.5. The Kier molecular flexibility index (Phi) is 6.60. The number of aromatic nitrogens is 2. The van der Waals surface area contributed by atoms with E-state index in [9.17, 15) is 9.90 Å². The fourth-order valence-corrected chi connectivity index (χ4v) is 3.71. The van der Waals surface area contributed by atoms with Gasteiger partial charge >= 0.3 is 5.69 Å². The topological polar surface area (TPSA) is 79.1 Å². The van der Waals surface area contributed by atoms with E-state index in [-0.39, 0.29) is 11.6 Å². The summed E-state index contributed by atoms with van der Waals surface area (Å²) in [5.41, 5.74) is 0.516. The summed E-state index contributed by atoms with van der Waals surface area (Å²) in [6.45, 7) is 5.52. The molecule has 0 radical (unpaired) electrons. The highest BCUT2D eigenvalue weighted by molar-refractivity contribution is 6.30. The van der Waals surface area contributed by atoms with Crippen molar-refractivity contribution in [2.45, 2.75) is 13.0 Å². The first-order valence-corrected chi connectivity index (χ1v) is 10.7. The number of nitrogens with zero attached hydrogens (tertiary/aromatic N) is 5. The molecule has 0 unspecified atom stereocenters. The molecule has 0 atom stereocenters. The third-order valence-electron chi connectivity index (χ3n) is 5.46. The molecule has 4 rings (SSSR count). The van der Waals surface area contributed by atoms with Gasteiger partial charge in [-0.2, -0.15) is 9.78 Å². The first kappa shape index (κ1) is 21.4. The van der Waals surface area contributed by atoms with E-state index in [1.165, 1.54) is 17.0 Å². The van der Waals surface area contributed by atoms with Crippen molar-refractivity contribution in [2.24, 2.45) is 5.10 Å². The smallest absolute Gasteiger partial charge is 0.351 e. The number of furan rings is 1. The molecule has 1 aliphatic heterocycles. The van der Waals surface area contributed by atoms with Crippen LogP contribution in [0, 0.1) is 0 Å². The van der Waals surface area contributed by atoms with Gasteiger partial charge in [-0.3, -0.25) is 4.57 Å². The second kappa shape index (κ2) is 9.55. The van der Waals surface area contributed by atoms with Crippen LogP contribution in [-0.2, 0) is 6.54 Å². The van der Waals surface area contributed by atoms with Crippen LogP contribution < -0.4 is 5.69 Å². The maximum Gasteiger partial charge on any atom is 0.351 e. The van der Waals surface area contributed by atoms with Crippen molar-refractivity contribution >= 4 is 17.8 Å². The lowest BCUT2D eigenvalue weighted by molar-refractivity contribution is 0.151. The van der Waals surface area contributed by atoms with E-state index in [0.717, 1.165) is 49.4 Å². The maximum absolute atomic E-state index is 12.6. The minimum Gasteiger partial charge on any atom is -0.493 e. The second-order valence-corrected chi connectivity index (χ2v) is 8.15. The van der Waals surface area contributed by atoms with Crippen molar-refractivity contribution in [2.75, 3.05) is 39.8 Å². The van der Waals surface area contributed by atoms with Gasteiger partial charge in [0.2, 0.25) is 5.88 Å². The highest BCUT2D eigenvalue weighted by Gasteiger charge is 2.14. The van der Waals surface area contributed by atoms with Gasteiger partial charge in [0.15, 0.2) is 0 Å². The van der Waals surface area contributed by atoms with Gasteiger partial charge in [0.1, 0.15) is 11.5 Å². The van der Waals surface area contributed by atoms with Crippen LogP contribution in [0.5, 0.6) is 5.88 Å². The summed E-state index contributed by atoms with van der Waals surface area (Å²) in [5.74, 6) is 1.08. The first-order valence-electron chi connectivity index (χ1n) is 10.3. The van der Waals surface area contributed by atoms with Gasteiger partial charge in [0.05, 0.1) is 12.4 Å². The molecule has 1 fully saturated rings. The van der Waals surface area contributed by atoms with Gasteiger partial charge in [-0.05, 0) is 56.4 Å². The summed E-state index contributed by atoms with van der Waals surface area (Å²) in [6.07, 6.45) is 3.56. The van der Waals surface area contributed by atoms with Crippen LogP contribution >= 0.6 is 11.6 Å². The normalized spacial score (nSPS) is 15.8. The summed E-state index contributed by atoms with van der Waals surface area (Å²) >= 11 is 5.92. The monoisotopic (exact) mass is 443 g/mol. The number of piperazine rings is 1. The van der Waals surface area contributed by atoms with Crippen molar-refractivity contribution in [3.05, 3.63) is 63.9 Å². The Morgan fingerprint density at radius 3 is 2.58 bits per heavy atom. The van der Waals surface area contributed by atoms with E-state index >= 15 is 0 Å². The number of likely N-dealkylation sites (N-methyl/N-ethyl adjacent to an activating group) is 1. The first-order chi connectivity index (χ1) is 15.0. The lowest BCUT2D eigenvalue weighted by Gasteiger charge is -2.32. The number of benzene rings is 1. The average molecular weight is 444 g/mol. The molecule has 0 spiro atoms. The summed E-state index contributed by atoms with van der Waals surface area (Å²) in [6, 6.07) is 10.9. The molecule has 31 heavy (non-hydrogen) atoms. The summed E-state index contributed by atoms with van der Waals surface area (Å²) in [5, 5.41) is 15.0. The molecule has 1 aliphatic rings. The predicted octanol–water partition coefficient (Wildman–Crippen LogP) is 2.79. The molecule has 3 aromatic rings. The zero-order valence-electron chi connectivity index (χ0n) is 17.4. The van der Waals surface area contributed by atoms with Crippen LogP contribution in [0.4, 0.5) is 0 Å². The number of aromatic hydroxyl groups is 1. The molecule has 9 heteroatoms. The number of rotatable bonds is 7. The Morgan fingerprint density at radius 1 is 1.10 bits per heavy atom. The Labute approximate surface area is 185 Å². The summed E-state index contributed by atoms with van der Waals surface area (Å²) < 4.78 is 8.22. The molecule has 0 aliphatic carbocycles. The third-order valence-corrected chi connectivity index (χ3v) is 5.71. The molecule has 1 aromatic carbocycles. The van der Waals surface area contributed by atoms with Crippen molar-refractivity contribution in [1.82, 2.24) is 19.0 Å². The van der Waals surface area contributed by atoms with Crippen molar-refractivity contribution in [3.63, 3.8) is 0 Å².